The van der Waals surface area contributed by atoms with Crippen molar-refractivity contribution in [2.45, 2.75) is 64.5 Å². The third-order valence-corrected chi connectivity index (χ3v) is 4.57. The van der Waals surface area contributed by atoms with Gasteiger partial charge in [0.1, 0.15) is 0 Å². The average molecular weight is 275 g/mol. The van der Waals surface area contributed by atoms with E-state index in [1.54, 1.807) is 0 Å². The molecule has 0 bridgehead atoms. The van der Waals surface area contributed by atoms with Crippen molar-refractivity contribution < 1.29 is 4.74 Å². The van der Waals surface area contributed by atoms with E-state index in [9.17, 15) is 0 Å². The molecular formula is C18H29NO. The molecule has 2 heteroatoms. The molecule has 1 saturated carbocycles. The van der Waals surface area contributed by atoms with Crippen LogP contribution in [-0.4, -0.2) is 18.8 Å². The Hall–Kier alpha value is -0.860. The van der Waals surface area contributed by atoms with E-state index in [4.69, 9.17) is 4.74 Å². The van der Waals surface area contributed by atoms with Gasteiger partial charge in [0, 0.05) is 6.61 Å². The Morgan fingerprint density at radius 1 is 1.15 bits per heavy atom. The fraction of sp³-hybridized carbons (Fsp3) is 0.667. The van der Waals surface area contributed by atoms with Crippen LogP contribution in [0.5, 0.6) is 0 Å². The summed E-state index contributed by atoms with van der Waals surface area (Å²) in [6.07, 6.45) is 6.27. The number of rotatable bonds is 6. The topological polar surface area (TPSA) is 21.3 Å². The molecule has 2 nitrogen and oxygen atoms in total. The van der Waals surface area contributed by atoms with Gasteiger partial charge in [-0.2, -0.15) is 0 Å². The Bertz CT molecular complexity index is 404. The zero-order valence-electron chi connectivity index (χ0n) is 13.2. The van der Waals surface area contributed by atoms with Crippen LogP contribution in [0.1, 0.15) is 63.1 Å². The van der Waals surface area contributed by atoms with Gasteiger partial charge in [-0.1, -0.05) is 50.5 Å². The van der Waals surface area contributed by atoms with Crippen molar-refractivity contribution in [1.29, 1.82) is 0 Å². The molecule has 0 saturated heterocycles. The second-order valence-electron chi connectivity index (χ2n) is 5.91. The van der Waals surface area contributed by atoms with Gasteiger partial charge >= 0.3 is 0 Å². The van der Waals surface area contributed by atoms with Gasteiger partial charge in [-0.3, -0.25) is 0 Å². The minimum absolute atomic E-state index is 0.0187. The van der Waals surface area contributed by atoms with Crippen LogP contribution in [0.2, 0.25) is 0 Å². The van der Waals surface area contributed by atoms with E-state index in [0.29, 0.717) is 6.04 Å². The number of likely N-dealkylation sites (N-methyl/N-ethyl adjacent to an activating group) is 1. The van der Waals surface area contributed by atoms with Gasteiger partial charge in [-0.05, 0) is 44.4 Å². The van der Waals surface area contributed by atoms with Gasteiger partial charge in [-0.25, -0.2) is 0 Å². The normalized spacial score (nSPS) is 19.8. The lowest BCUT2D eigenvalue weighted by atomic mass is 9.75. The Kier molecular flexibility index (Phi) is 5.62. The summed E-state index contributed by atoms with van der Waals surface area (Å²) in [4.78, 5) is 0. The lowest BCUT2D eigenvalue weighted by Gasteiger charge is -2.44. The first-order chi connectivity index (χ1) is 9.73. The SMILES string of the molecule is CCNC(c1ccccc1C)C1(OCC)CCCCC1. The predicted molar refractivity (Wildman–Crippen MR) is 85.0 cm³/mol. The molecule has 1 unspecified atom stereocenters. The molecule has 2 rings (SSSR count). The summed E-state index contributed by atoms with van der Waals surface area (Å²) >= 11 is 0. The van der Waals surface area contributed by atoms with Gasteiger partial charge in [0.05, 0.1) is 11.6 Å². The smallest absolute Gasteiger partial charge is 0.0876 e. The Labute approximate surface area is 123 Å². The van der Waals surface area contributed by atoms with Crippen molar-refractivity contribution in [3.05, 3.63) is 35.4 Å². The molecule has 0 heterocycles. The standard InChI is InChI=1S/C18H29NO/c1-4-19-17(16-12-8-7-11-15(16)3)18(20-5-2)13-9-6-10-14-18/h7-8,11-12,17,19H,4-6,9-10,13-14H2,1-3H3. The molecule has 20 heavy (non-hydrogen) atoms. The quantitative estimate of drug-likeness (QED) is 0.831. The van der Waals surface area contributed by atoms with Crippen molar-refractivity contribution in [3.63, 3.8) is 0 Å². The maximum absolute atomic E-state index is 6.33. The van der Waals surface area contributed by atoms with Crippen LogP contribution < -0.4 is 5.32 Å². The predicted octanol–water partition coefficient (Wildman–Crippen LogP) is 4.39. The van der Waals surface area contributed by atoms with Crippen LogP contribution in [-0.2, 0) is 4.74 Å². The summed E-state index contributed by atoms with van der Waals surface area (Å²) in [7, 11) is 0. The number of nitrogens with one attached hydrogen (secondary N) is 1. The second-order valence-corrected chi connectivity index (χ2v) is 5.91. The maximum atomic E-state index is 6.33. The minimum atomic E-state index is -0.0187. The summed E-state index contributed by atoms with van der Waals surface area (Å²) in [5.41, 5.74) is 2.75. The monoisotopic (exact) mass is 275 g/mol. The highest BCUT2D eigenvalue weighted by atomic mass is 16.5. The van der Waals surface area contributed by atoms with E-state index in [2.05, 4.69) is 50.4 Å². The van der Waals surface area contributed by atoms with Gasteiger partial charge in [0.15, 0.2) is 0 Å². The van der Waals surface area contributed by atoms with Crippen LogP contribution in [0.15, 0.2) is 24.3 Å². The third-order valence-electron chi connectivity index (χ3n) is 4.57. The Morgan fingerprint density at radius 2 is 1.85 bits per heavy atom. The highest BCUT2D eigenvalue weighted by Gasteiger charge is 2.41. The van der Waals surface area contributed by atoms with Crippen LogP contribution in [0, 0.1) is 6.92 Å². The van der Waals surface area contributed by atoms with Gasteiger partial charge in [0.25, 0.3) is 0 Å². The molecule has 0 spiro atoms. The molecule has 1 aliphatic carbocycles. The molecule has 1 aromatic rings. The number of hydrogen-bond donors (Lipinski definition) is 1. The van der Waals surface area contributed by atoms with Crippen LogP contribution >= 0.6 is 0 Å². The molecule has 1 N–H and O–H groups in total. The highest BCUT2D eigenvalue weighted by Crippen LogP contribution is 2.42. The van der Waals surface area contributed by atoms with Crippen LogP contribution in [0.25, 0.3) is 0 Å². The summed E-state index contributed by atoms with van der Waals surface area (Å²) < 4.78 is 6.33. The number of aryl methyl sites for hydroxylation is 1. The van der Waals surface area contributed by atoms with Gasteiger partial charge in [-0.15, -0.1) is 0 Å². The van der Waals surface area contributed by atoms with Crippen molar-refractivity contribution in [1.82, 2.24) is 5.32 Å². The lowest BCUT2D eigenvalue weighted by Crippen LogP contribution is -2.48. The zero-order valence-corrected chi connectivity index (χ0v) is 13.2. The molecule has 1 aromatic carbocycles. The van der Waals surface area contributed by atoms with E-state index in [0.717, 1.165) is 13.2 Å². The molecule has 0 aromatic heterocycles. The van der Waals surface area contributed by atoms with Crippen molar-refractivity contribution in [2.75, 3.05) is 13.2 Å². The number of ether oxygens (including phenoxy) is 1. The van der Waals surface area contributed by atoms with Gasteiger partial charge in [0.2, 0.25) is 0 Å². The summed E-state index contributed by atoms with van der Waals surface area (Å²) in [5, 5.41) is 3.71. The van der Waals surface area contributed by atoms with Gasteiger partial charge < -0.3 is 10.1 Å². The van der Waals surface area contributed by atoms with Crippen molar-refractivity contribution in [2.24, 2.45) is 0 Å². The van der Waals surface area contributed by atoms with E-state index in [-0.39, 0.29) is 5.60 Å². The fourth-order valence-electron chi connectivity index (χ4n) is 3.65. The Balaban J connectivity index is 2.36. The summed E-state index contributed by atoms with van der Waals surface area (Å²) in [6.45, 7) is 8.30. The van der Waals surface area contributed by atoms with Crippen molar-refractivity contribution in [3.8, 4) is 0 Å². The summed E-state index contributed by atoms with van der Waals surface area (Å²) in [5.74, 6) is 0. The lowest BCUT2D eigenvalue weighted by molar-refractivity contribution is -0.0911. The second kappa shape index (κ2) is 7.24. The molecule has 1 atom stereocenters. The molecule has 0 aliphatic heterocycles. The maximum Gasteiger partial charge on any atom is 0.0876 e. The first kappa shape index (κ1) is 15.5. The largest absolute Gasteiger partial charge is 0.373 e. The van der Waals surface area contributed by atoms with E-state index >= 15 is 0 Å². The Morgan fingerprint density at radius 3 is 2.45 bits per heavy atom. The molecule has 1 fully saturated rings. The third kappa shape index (κ3) is 3.24. The molecule has 112 valence electrons. The van der Waals surface area contributed by atoms with E-state index in [1.165, 1.54) is 43.2 Å². The zero-order chi connectivity index (χ0) is 14.4. The first-order valence-electron chi connectivity index (χ1n) is 8.16. The molecular weight excluding hydrogens is 246 g/mol. The van der Waals surface area contributed by atoms with Crippen LogP contribution in [0.3, 0.4) is 0 Å². The first-order valence-corrected chi connectivity index (χ1v) is 8.16. The van der Waals surface area contributed by atoms with Crippen molar-refractivity contribution >= 4 is 0 Å². The number of hydrogen-bond acceptors (Lipinski definition) is 2. The average Bonchev–Trinajstić information content (AvgIpc) is 2.47. The highest BCUT2D eigenvalue weighted by molar-refractivity contribution is 5.31. The summed E-state index contributed by atoms with van der Waals surface area (Å²) in [6, 6.07) is 9.06. The minimum Gasteiger partial charge on any atom is -0.373 e. The molecule has 1 aliphatic rings. The van der Waals surface area contributed by atoms with E-state index in [1.807, 2.05) is 0 Å². The molecule has 0 radical (unpaired) electrons. The van der Waals surface area contributed by atoms with Crippen LogP contribution in [0.4, 0.5) is 0 Å². The number of benzene rings is 1. The van der Waals surface area contributed by atoms with E-state index < -0.39 is 0 Å². The fourth-order valence-corrected chi connectivity index (χ4v) is 3.65. The molecule has 0 amide bonds.